The SMILES string of the molecule is CC(C)C(C)NC(=O)C1CCN(C(C)C(=O)NC(=O)NC2CCCCC2)CC1. The molecule has 0 spiro atoms. The summed E-state index contributed by atoms with van der Waals surface area (Å²) in [6.45, 7) is 9.42. The van der Waals surface area contributed by atoms with Crippen LogP contribution < -0.4 is 16.0 Å². The predicted molar refractivity (Wildman–Crippen MR) is 110 cm³/mol. The molecule has 2 aliphatic rings. The van der Waals surface area contributed by atoms with Crippen LogP contribution in [0.4, 0.5) is 4.79 Å². The standard InChI is InChI=1S/C21H38N4O3/c1-14(2)15(3)22-20(27)17-10-12-25(13-11-17)16(4)19(26)24-21(28)23-18-8-6-5-7-9-18/h14-18H,5-13H2,1-4H3,(H,22,27)(H2,23,24,26,28). The number of imide groups is 1. The Morgan fingerprint density at radius 3 is 2.07 bits per heavy atom. The summed E-state index contributed by atoms with van der Waals surface area (Å²) in [5.41, 5.74) is 0. The highest BCUT2D eigenvalue weighted by molar-refractivity contribution is 5.96. The number of hydrogen-bond acceptors (Lipinski definition) is 4. The summed E-state index contributed by atoms with van der Waals surface area (Å²) in [4.78, 5) is 39.0. The van der Waals surface area contributed by atoms with Gasteiger partial charge < -0.3 is 10.6 Å². The van der Waals surface area contributed by atoms with Crippen LogP contribution in [0.15, 0.2) is 0 Å². The summed E-state index contributed by atoms with van der Waals surface area (Å²) in [7, 11) is 0. The molecular formula is C21H38N4O3. The molecule has 0 aromatic heterocycles. The number of urea groups is 1. The van der Waals surface area contributed by atoms with Crippen molar-refractivity contribution in [2.75, 3.05) is 13.1 Å². The van der Waals surface area contributed by atoms with Gasteiger partial charge in [0.1, 0.15) is 0 Å². The largest absolute Gasteiger partial charge is 0.353 e. The molecule has 2 rings (SSSR count). The third-order valence-electron chi connectivity index (χ3n) is 6.37. The molecule has 1 saturated carbocycles. The lowest BCUT2D eigenvalue weighted by Crippen LogP contribution is -2.53. The summed E-state index contributed by atoms with van der Waals surface area (Å²) < 4.78 is 0. The normalized spacial score (nSPS) is 21.8. The van der Waals surface area contributed by atoms with Gasteiger partial charge in [0.15, 0.2) is 0 Å². The lowest BCUT2D eigenvalue weighted by atomic mass is 9.94. The van der Waals surface area contributed by atoms with Gasteiger partial charge in [-0.3, -0.25) is 19.8 Å². The van der Waals surface area contributed by atoms with Gasteiger partial charge in [-0.15, -0.1) is 0 Å². The van der Waals surface area contributed by atoms with Crippen LogP contribution in [0.2, 0.25) is 0 Å². The minimum absolute atomic E-state index is 0.00214. The number of nitrogens with one attached hydrogen (secondary N) is 3. The van der Waals surface area contributed by atoms with E-state index in [1.807, 2.05) is 13.8 Å². The Morgan fingerprint density at radius 1 is 0.893 bits per heavy atom. The maximum Gasteiger partial charge on any atom is 0.321 e. The Balaban J connectivity index is 1.72. The predicted octanol–water partition coefficient (Wildman–Crippen LogP) is 2.41. The van der Waals surface area contributed by atoms with Gasteiger partial charge in [0.2, 0.25) is 11.8 Å². The molecule has 2 unspecified atom stereocenters. The van der Waals surface area contributed by atoms with Crippen molar-refractivity contribution in [1.82, 2.24) is 20.9 Å². The molecule has 7 heteroatoms. The van der Waals surface area contributed by atoms with Crippen molar-refractivity contribution in [1.29, 1.82) is 0 Å². The van der Waals surface area contributed by atoms with Crippen LogP contribution in [0.5, 0.6) is 0 Å². The highest BCUT2D eigenvalue weighted by Crippen LogP contribution is 2.20. The molecule has 2 fully saturated rings. The number of likely N-dealkylation sites (tertiary alicyclic amines) is 1. The average molecular weight is 395 g/mol. The molecule has 1 saturated heterocycles. The maximum absolute atomic E-state index is 12.4. The van der Waals surface area contributed by atoms with E-state index in [4.69, 9.17) is 0 Å². The molecule has 1 aliphatic carbocycles. The number of carbonyl (C=O) groups is 3. The van der Waals surface area contributed by atoms with Crippen LogP contribution in [-0.4, -0.2) is 54.0 Å². The van der Waals surface area contributed by atoms with E-state index in [-0.39, 0.29) is 41.9 Å². The van der Waals surface area contributed by atoms with E-state index < -0.39 is 0 Å². The van der Waals surface area contributed by atoms with Gasteiger partial charge in [-0.1, -0.05) is 33.1 Å². The molecule has 1 aliphatic heterocycles. The van der Waals surface area contributed by atoms with Crippen LogP contribution in [0, 0.1) is 11.8 Å². The van der Waals surface area contributed by atoms with Gasteiger partial charge in [-0.2, -0.15) is 0 Å². The lowest BCUT2D eigenvalue weighted by Gasteiger charge is -2.35. The van der Waals surface area contributed by atoms with Crippen LogP contribution in [0.3, 0.4) is 0 Å². The van der Waals surface area contributed by atoms with Crippen molar-refractivity contribution in [3.63, 3.8) is 0 Å². The first-order valence-electron chi connectivity index (χ1n) is 10.9. The molecule has 160 valence electrons. The Kier molecular flexibility index (Phi) is 8.73. The van der Waals surface area contributed by atoms with Crippen LogP contribution >= 0.6 is 0 Å². The number of carbonyl (C=O) groups excluding carboxylic acids is 3. The van der Waals surface area contributed by atoms with Gasteiger partial charge in [-0.05, 0) is 58.5 Å². The van der Waals surface area contributed by atoms with E-state index in [0.29, 0.717) is 19.0 Å². The second kappa shape index (κ2) is 10.8. The van der Waals surface area contributed by atoms with E-state index in [0.717, 1.165) is 38.5 Å². The van der Waals surface area contributed by atoms with Gasteiger partial charge in [-0.25, -0.2) is 4.79 Å². The number of rotatable bonds is 6. The lowest BCUT2D eigenvalue weighted by molar-refractivity contribution is -0.128. The van der Waals surface area contributed by atoms with Gasteiger partial charge in [0.05, 0.1) is 6.04 Å². The van der Waals surface area contributed by atoms with Gasteiger partial charge in [0.25, 0.3) is 0 Å². The molecule has 0 radical (unpaired) electrons. The third kappa shape index (κ3) is 6.76. The fourth-order valence-corrected chi connectivity index (χ4v) is 3.91. The minimum atomic E-state index is -0.388. The fourth-order valence-electron chi connectivity index (χ4n) is 3.91. The summed E-state index contributed by atoms with van der Waals surface area (Å²) >= 11 is 0. The number of amides is 4. The number of hydrogen-bond donors (Lipinski definition) is 3. The first kappa shape index (κ1) is 22.7. The molecule has 1 heterocycles. The minimum Gasteiger partial charge on any atom is -0.353 e. The molecular weight excluding hydrogens is 356 g/mol. The molecule has 7 nitrogen and oxygen atoms in total. The topological polar surface area (TPSA) is 90.5 Å². The van der Waals surface area contributed by atoms with Crippen LogP contribution in [-0.2, 0) is 9.59 Å². The number of piperidine rings is 1. The summed E-state index contributed by atoms with van der Waals surface area (Å²) in [5.74, 6) is 0.254. The van der Waals surface area contributed by atoms with E-state index in [2.05, 4.69) is 34.7 Å². The molecule has 3 N–H and O–H groups in total. The first-order valence-corrected chi connectivity index (χ1v) is 10.9. The number of nitrogens with zero attached hydrogens (tertiary/aromatic N) is 1. The fraction of sp³-hybridized carbons (Fsp3) is 0.857. The first-order chi connectivity index (χ1) is 13.3. The summed E-state index contributed by atoms with van der Waals surface area (Å²) in [6.07, 6.45) is 6.94. The Labute approximate surface area is 169 Å². The molecule has 0 aromatic carbocycles. The average Bonchev–Trinajstić information content (AvgIpc) is 2.68. The maximum atomic E-state index is 12.4. The van der Waals surface area contributed by atoms with Crippen LogP contribution in [0.1, 0.15) is 72.6 Å². The van der Waals surface area contributed by atoms with Crippen molar-refractivity contribution in [2.24, 2.45) is 11.8 Å². The third-order valence-corrected chi connectivity index (χ3v) is 6.37. The van der Waals surface area contributed by atoms with Crippen molar-refractivity contribution in [3.8, 4) is 0 Å². The summed E-state index contributed by atoms with van der Waals surface area (Å²) in [5, 5.41) is 8.49. The van der Waals surface area contributed by atoms with Crippen molar-refractivity contribution in [2.45, 2.75) is 90.8 Å². The van der Waals surface area contributed by atoms with E-state index in [1.165, 1.54) is 6.42 Å². The molecule has 0 aromatic rings. The monoisotopic (exact) mass is 394 g/mol. The molecule has 2 atom stereocenters. The second-order valence-corrected chi connectivity index (χ2v) is 8.83. The zero-order valence-electron chi connectivity index (χ0n) is 17.9. The Bertz CT molecular complexity index is 538. The van der Waals surface area contributed by atoms with Crippen molar-refractivity contribution in [3.05, 3.63) is 0 Å². The Morgan fingerprint density at radius 2 is 1.50 bits per heavy atom. The summed E-state index contributed by atoms with van der Waals surface area (Å²) in [6, 6.07) is -0.423. The van der Waals surface area contributed by atoms with E-state index >= 15 is 0 Å². The zero-order chi connectivity index (χ0) is 20.7. The molecule has 28 heavy (non-hydrogen) atoms. The highest BCUT2D eigenvalue weighted by atomic mass is 16.2. The smallest absolute Gasteiger partial charge is 0.321 e. The van der Waals surface area contributed by atoms with Crippen molar-refractivity contribution < 1.29 is 14.4 Å². The quantitative estimate of drug-likeness (QED) is 0.645. The van der Waals surface area contributed by atoms with E-state index in [1.54, 1.807) is 0 Å². The molecule has 0 bridgehead atoms. The molecule has 4 amide bonds. The van der Waals surface area contributed by atoms with Crippen LogP contribution in [0.25, 0.3) is 0 Å². The zero-order valence-corrected chi connectivity index (χ0v) is 17.9. The highest BCUT2D eigenvalue weighted by Gasteiger charge is 2.31. The van der Waals surface area contributed by atoms with Gasteiger partial charge >= 0.3 is 6.03 Å². The van der Waals surface area contributed by atoms with Gasteiger partial charge in [0, 0.05) is 18.0 Å². The second-order valence-electron chi connectivity index (χ2n) is 8.83. The van der Waals surface area contributed by atoms with E-state index in [9.17, 15) is 14.4 Å². The Hall–Kier alpha value is -1.63. The van der Waals surface area contributed by atoms with Crippen molar-refractivity contribution >= 4 is 17.8 Å².